The van der Waals surface area contributed by atoms with Gasteiger partial charge in [-0.2, -0.15) is 0 Å². The van der Waals surface area contributed by atoms with Gasteiger partial charge in [0, 0.05) is 22.0 Å². The second-order valence-corrected chi connectivity index (χ2v) is 6.84. The molecule has 0 fully saturated rings. The number of hydrogen-bond acceptors (Lipinski definition) is 2. The van der Waals surface area contributed by atoms with Crippen molar-refractivity contribution in [2.75, 3.05) is 12.3 Å². The van der Waals surface area contributed by atoms with E-state index in [1.54, 1.807) is 11.8 Å². The number of thioether (sulfide) groups is 1. The van der Waals surface area contributed by atoms with E-state index in [1.807, 2.05) is 12.1 Å². The summed E-state index contributed by atoms with van der Waals surface area (Å²) in [4.78, 5) is 13.9. The predicted octanol–water partition coefficient (Wildman–Crippen LogP) is 3.56. The summed E-state index contributed by atoms with van der Waals surface area (Å²) in [5.41, 5.74) is 1.19. The minimum Gasteiger partial charge on any atom is -0.356 e. The predicted molar refractivity (Wildman–Crippen MR) is 80.5 cm³/mol. The maximum absolute atomic E-state index is 12.1. The van der Waals surface area contributed by atoms with Crippen molar-refractivity contribution in [1.82, 2.24) is 5.32 Å². The zero-order valence-electron chi connectivity index (χ0n) is 10.5. The molecule has 1 aliphatic heterocycles. The molecule has 1 aliphatic rings. The van der Waals surface area contributed by atoms with Crippen molar-refractivity contribution in [2.45, 2.75) is 35.4 Å². The number of halogens is 1. The summed E-state index contributed by atoms with van der Waals surface area (Å²) in [6.45, 7) is 2.90. The highest BCUT2D eigenvalue weighted by molar-refractivity contribution is 9.09. The standard InChI is InChI=1S/C14H18BrNOS/c1-2-10(15)7-8-16-14(17)12-9-18-13-6-4-3-5-11(12)13/h3-6,10,12H,2,7-9H2,1H3,(H,16,17). The van der Waals surface area contributed by atoms with Crippen molar-refractivity contribution >= 4 is 33.6 Å². The Morgan fingerprint density at radius 3 is 3.11 bits per heavy atom. The van der Waals surface area contributed by atoms with Crippen LogP contribution in [0.5, 0.6) is 0 Å². The molecular formula is C14H18BrNOS. The fourth-order valence-electron chi connectivity index (χ4n) is 2.06. The van der Waals surface area contributed by atoms with Crippen molar-refractivity contribution in [3.63, 3.8) is 0 Å². The van der Waals surface area contributed by atoms with Crippen LogP contribution in [-0.4, -0.2) is 23.0 Å². The molecule has 2 rings (SSSR count). The number of fused-ring (bicyclic) bond motifs is 1. The Labute approximate surface area is 121 Å². The van der Waals surface area contributed by atoms with Crippen LogP contribution in [0.1, 0.15) is 31.2 Å². The van der Waals surface area contributed by atoms with Crippen molar-refractivity contribution in [3.05, 3.63) is 29.8 Å². The number of nitrogens with one attached hydrogen (secondary N) is 1. The number of rotatable bonds is 5. The van der Waals surface area contributed by atoms with Gasteiger partial charge < -0.3 is 5.32 Å². The third-order valence-corrected chi connectivity index (χ3v) is 5.50. The third kappa shape index (κ3) is 3.29. The summed E-state index contributed by atoms with van der Waals surface area (Å²) < 4.78 is 0. The largest absolute Gasteiger partial charge is 0.356 e. The minimum atomic E-state index is 0.0293. The van der Waals surface area contributed by atoms with Crippen LogP contribution in [0.4, 0.5) is 0 Å². The van der Waals surface area contributed by atoms with E-state index in [1.165, 1.54) is 10.5 Å². The molecule has 0 bridgehead atoms. The molecule has 1 aromatic rings. The van der Waals surface area contributed by atoms with Crippen LogP contribution in [0.25, 0.3) is 0 Å². The Morgan fingerprint density at radius 1 is 1.56 bits per heavy atom. The van der Waals surface area contributed by atoms with Gasteiger partial charge in [-0.3, -0.25) is 4.79 Å². The molecule has 2 atom stereocenters. The first-order valence-electron chi connectivity index (χ1n) is 6.36. The van der Waals surface area contributed by atoms with Crippen LogP contribution in [0, 0.1) is 0 Å². The monoisotopic (exact) mass is 327 g/mol. The van der Waals surface area contributed by atoms with Crippen molar-refractivity contribution < 1.29 is 4.79 Å². The van der Waals surface area contributed by atoms with E-state index in [9.17, 15) is 4.79 Å². The zero-order valence-corrected chi connectivity index (χ0v) is 12.9. The Bertz CT molecular complexity index is 424. The van der Waals surface area contributed by atoms with Gasteiger partial charge in [0.25, 0.3) is 0 Å². The van der Waals surface area contributed by atoms with Gasteiger partial charge in [-0.15, -0.1) is 11.8 Å². The quantitative estimate of drug-likeness (QED) is 0.838. The normalized spacial score (nSPS) is 19.3. The van der Waals surface area contributed by atoms with Gasteiger partial charge in [-0.05, 0) is 24.5 Å². The van der Waals surface area contributed by atoms with E-state index in [0.29, 0.717) is 4.83 Å². The van der Waals surface area contributed by atoms with E-state index < -0.39 is 0 Å². The summed E-state index contributed by atoms with van der Waals surface area (Å²) in [5, 5.41) is 3.05. The molecule has 0 spiro atoms. The van der Waals surface area contributed by atoms with Crippen LogP contribution in [-0.2, 0) is 4.79 Å². The average Bonchev–Trinajstić information content (AvgIpc) is 2.82. The van der Waals surface area contributed by atoms with Gasteiger partial charge in [0.15, 0.2) is 0 Å². The maximum atomic E-state index is 12.1. The van der Waals surface area contributed by atoms with Gasteiger partial charge in [-0.25, -0.2) is 0 Å². The van der Waals surface area contributed by atoms with Gasteiger partial charge in [0.2, 0.25) is 5.91 Å². The first-order valence-corrected chi connectivity index (χ1v) is 8.26. The molecule has 1 heterocycles. The lowest BCUT2D eigenvalue weighted by Crippen LogP contribution is -2.31. The lowest BCUT2D eigenvalue weighted by Gasteiger charge is -2.12. The lowest BCUT2D eigenvalue weighted by molar-refractivity contribution is -0.122. The van der Waals surface area contributed by atoms with Crippen LogP contribution in [0.15, 0.2) is 29.2 Å². The lowest BCUT2D eigenvalue weighted by atomic mass is 10.0. The number of carbonyl (C=O) groups is 1. The molecule has 0 aromatic heterocycles. The van der Waals surface area contributed by atoms with Crippen LogP contribution in [0.3, 0.4) is 0 Å². The zero-order chi connectivity index (χ0) is 13.0. The molecular weight excluding hydrogens is 310 g/mol. The van der Waals surface area contributed by atoms with Crippen LogP contribution in [0.2, 0.25) is 0 Å². The third-order valence-electron chi connectivity index (χ3n) is 3.22. The van der Waals surface area contributed by atoms with E-state index >= 15 is 0 Å². The van der Waals surface area contributed by atoms with E-state index in [-0.39, 0.29) is 11.8 Å². The minimum absolute atomic E-state index is 0.0293. The fraction of sp³-hybridized carbons (Fsp3) is 0.500. The van der Waals surface area contributed by atoms with Gasteiger partial charge >= 0.3 is 0 Å². The van der Waals surface area contributed by atoms with Crippen molar-refractivity contribution in [2.24, 2.45) is 0 Å². The second-order valence-electron chi connectivity index (χ2n) is 4.49. The van der Waals surface area contributed by atoms with E-state index in [0.717, 1.165) is 25.1 Å². The summed E-state index contributed by atoms with van der Waals surface area (Å²) in [6, 6.07) is 8.21. The highest BCUT2D eigenvalue weighted by Gasteiger charge is 2.28. The van der Waals surface area contributed by atoms with E-state index in [2.05, 4.69) is 40.3 Å². The second kappa shape index (κ2) is 6.62. The molecule has 0 saturated heterocycles. The summed E-state index contributed by atoms with van der Waals surface area (Å²) in [6.07, 6.45) is 2.09. The summed E-state index contributed by atoms with van der Waals surface area (Å²) in [5.74, 6) is 1.07. The molecule has 1 aromatic carbocycles. The average molecular weight is 328 g/mol. The Morgan fingerprint density at radius 2 is 2.33 bits per heavy atom. The Balaban J connectivity index is 1.88. The van der Waals surface area contributed by atoms with Crippen molar-refractivity contribution in [3.8, 4) is 0 Å². The number of hydrogen-bond donors (Lipinski definition) is 1. The Hall–Kier alpha value is -0.480. The topological polar surface area (TPSA) is 29.1 Å². The Kier molecular flexibility index (Phi) is 5.13. The summed E-state index contributed by atoms with van der Waals surface area (Å²) in [7, 11) is 0. The molecule has 18 heavy (non-hydrogen) atoms. The number of alkyl halides is 1. The molecule has 2 unspecified atom stereocenters. The molecule has 4 heteroatoms. The fourth-order valence-corrected chi connectivity index (χ4v) is 3.52. The van der Waals surface area contributed by atoms with E-state index in [4.69, 9.17) is 0 Å². The highest BCUT2D eigenvalue weighted by atomic mass is 79.9. The van der Waals surface area contributed by atoms with Crippen LogP contribution < -0.4 is 5.32 Å². The van der Waals surface area contributed by atoms with Gasteiger partial charge in [0.05, 0.1) is 5.92 Å². The molecule has 0 saturated carbocycles. The highest BCUT2D eigenvalue weighted by Crippen LogP contribution is 2.39. The number of amides is 1. The molecule has 0 radical (unpaired) electrons. The first kappa shape index (κ1) is 13.9. The van der Waals surface area contributed by atoms with Crippen LogP contribution >= 0.6 is 27.7 Å². The smallest absolute Gasteiger partial charge is 0.228 e. The van der Waals surface area contributed by atoms with Gasteiger partial charge in [0.1, 0.15) is 0 Å². The molecule has 2 nitrogen and oxygen atoms in total. The molecule has 1 amide bonds. The van der Waals surface area contributed by atoms with Gasteiger partial charge in [-0.1, -0.05) is 41.1 Å². The summed E-state index contributed by atoms with van der Waals surface area (Å²) >= 11 is 5.36. The molecule has 0 aliphatic carbocycles. The maximum Gasteiger partial charge on any atom is 0.228 e. The number of benzene rings is 1. The SMILES string of the molecule is CCC(Br)CCNC(=O)C1CSc2ccccc21. The first-order chi connectivity index (χ1) is 8.72. The molecule has 98 valence electrons. The van der Waals surface area contributed by atoms with Crippen molar-refractivity contribution in [1.29, 1.82) is 0 Å². The number of carbonyl (C=O) groups excluding carboxylic acids is 1. The molecule has 1 N–H and O–H groups in total.